The summed E-state index contributed by atoms with van der Waals surface area (Å²) in [6, 6.07) is 9.95. The first-order valence-electron chi connectivity index (χ1n) is 4.47. The first kappa shape index (κ1) is 10.3. The maximum absolute atomic E-state index is 8.35. The standard InChI is InChI=1S/C12H12N2/c1-14-10-12-8-3-2-6-11(12)7-4-5-9-13/h2-3,6,8,14H,5,10H2,1H3. The van der Waals surface area contributed by atoms with E-state index < -0.39 is 0 Å². The maximum atomic E-state index is 8.35. The van der Waals surface area contributed by atoms with Gasteiger partial charge in [0.15, 0.2) is 0 Å². The molecule has 2 heteroatoms. The molecule has 0 radical (unpaired) electrons. The van der Waals surface area contributed by atoms with E-state index in [0.29, 0.717) is 0 Å². The minimum Gasteiger partial charge on any atom is -0.316 e. The summed E-state index contributed by atoms with van der Waals surface area (Å²) in [6.07, 6.45) is 0.286. The van der Waals surface area contributed by atoms with Gasteiger partial charge in [-0.1, -0.05) is 30.0 Å². The summed E-state index contributed by atoms with van der Waals surface area (Å²) in [5.74, 6) is 5.80. The maximum Gasteiger partial charge on any atom is 0.0966 e. The summed E-state index contributed by atoms with van der Waals surface area (Å²) in [5, 5.41) is 11.4. The van der Waals surface area contributed by atoms with Crippen molar-refractivity contribution < 1.29 is 0 Å². The molecular formula is C12H12N2. The molecule has 1 N–H and O–H groups in total. The van der Waals surface area contributed by atoms with E-state index in [1.807, 2.05) is 37.4 Å². The van der Waals surface area contributed by atoms with Crippen molar-refractivity contribution in [3.8, 4) is 17.9 Å². The molecule has 1 aromatic carbocycles. The van der Waals surface area contributed by atoms with Crippen LogP contribution in [0.1, 0.15) is 17.5 Å². The third-order valence-electron chi connectivity index (χ3n) is 1.78. The highest BCUT2D eigenvalue weighted by atomic mass is 14.8. The van der Waals surface area contributed by atoms with Gasteiger partial charge < -0.3 is 5.32 Å². The van der Waals surface area contributed by atoms with Crippen LogP contribution in [0.25, 0.3) is 0 Å². The van der Waals surface area contributed by atoms with Gasteiger partial charge >= 0.3 is 0 Å². The molecule has 0 heterocycles. The van der Waals surface area contributed by atoms with Gasteiger partial charge in [0.2, 0.25) is 0 Å². The largest absolute Gasteiger partial charge is 0.316 e. The van der Waals surface area contributed by atoms with Crippen molar-refractivity contribution in [1.29, 1.82) is 5.26 Å². The Bertz CT molecular complexity index is 391. The first-order chi connectivity index (χ1) is 6.88. The van der Waals surface area contributed by atoms with Crippen molar-refractivity contribution in [2.75, 3.05) is 7.05 Å². The van der Waals surface area contributed by atoms with Gasteiger partial charge in [-0.25, -0.2) is 0 Å². The molecular weight excluding hydrogens is 172 g/mol. The van der Waals surface area contributed by atoms with Crippen LogP contribution in [0, 0.1) is 23.2 Å². The number of benzene rings is 1. The summed E-state index contributed by atoms with van der Waals surface area (Å²) in [7, 11) is 1.90. The number of nitrogens with one attached hydrogen (secondary N) is 1. The van der Waals surface area contributed by atoms with E-state index in [0.717, 1.165) is 12.1 Å². The van der Waals surface area contributed by atoms with Crippen LogP contribution < -0.4 is 5.32 Å². The van der Waals surface area contributed by atoms with Crippen LogP contribution in [0.15, 0.2) is 24.3 Å². The summed E-state index contributed by atoms with van der Waals surface area (Å²) < 4.78 is 0. The Morgan fingerprint density at radius 1 is 1.36 bits per heavy atom. The van der Waals surface area contributed by atoms with Crippen LogP contribution in [0.3, 0.4) is 0 Å². The van der Waals surface area contributed by atoms with Crippen molar-refractivity contribution in [3.63, 3.8) is 0 Å². The molecule has 0 saturated heterocycles. The smallest absolute Gasteiger partial charge is 0.0966 e. The molecule has 0 aliphatic heterocycles. The zero-order valence-corrected chi connectivity index (χ0v) is 8.17. The zero-order valence-electron chi connectivity index (χ0n) is 8.17. The van der Waals surface area contributed by atoms with Gasteiger partial charge in [0.25, 0.3) is 0 Å². The second-order valence-electron chi connectivity index (χ2n) is 2.82. The van der Waals surface area contributed by atoms with Crippen molar-refractivity contribution in [1.82, 2.24) is 5.32 Å². The molecule has 0 spiro atoms. The second kappa shape index (κ2) is 5.80. The highest BCUT2D eigenvalue weighted by Crippen LogP contribution is 2.06. The van der Waals surface area contributed by atoms with Crippen molar-refractivity contribution in [2.45, 2.75) is 13.0 Å². The quantitative estimate of drug-likeness (QED) is 0.710. The van der Waals surface area contributed by atoms with E-state index >= 15 is 0 Å². The number of nitrogens with zero attached hydrogens (tertiary/aromatic N) is 1. The molecule has 0 atom stereocenters. The second-order valence-corrected chi connectivity index (χ2v) is 2.82. The summed E-state index contributed by atoms with van der Waals surface area (Å²) in [5.41, 5.74) is 2.16. The Kier molecular flexibility index (Phi) is 4.27. The van der Waals surface area contributed by atoms with Crippen LogP contribution in [-0.4, -0.2) is 7.05 Å². The van der Waals surface area contributed by atoms with E-state index in [9.17, 15) is 0 Å². The Balaban J connectivity index is 2.86. The first-order valence-corrected chi connectivity index (χ1v) is 4.47. The normalized spacial score (nSPS) is 8.57. The Morgan fingerprint density at radius 3 is 2.86 bits per heavy atom. The van der Waals surface area contributed by atoms with Crippen molar-refractivity contribution >= 4 is 0 Å². The lowest BCUT2D eigenvalue weighted by Crippen LogP contribution is -2.06. The fourth-order valence-corrected chi connectivity index (χ4v) is 1.17. The lowest BCUT2D eigenvalue weighted by Gasteiger charge is -2.02. The van der Waals surface area contributed by atoms with Gasteiger partial charge in [0.05, 0.1) is 12.5 Å². The van der Waals surface area contributed by atoms with Crippen LogP contribution in [-0.2, 0) is 6.54 Å². The van der Waals surface area contributed by atoms with Crippen LogP contribution in [0.2, 0.25) is 0 Å². The third kappa shape index (κ3) is 2.94. The summed E-state index contributed by atoms with van der Waals surface area (Å²) in [4.78, 5) is 0. The molecule has 0 aliphatic rings. The van der Waals surface area contributed by atoms with Crippen LogP contribution in [0.4, 0.5) is 0 Å². The summed E-state index contributed by atoms with van der Waals surface area (Å²) in [6.45, 7) is 0.803. The lowest BCUT2D eigenvalue weighted by atomic mass is 10.1. The predicted octanol–water partition coefficient (Wildman–Crippen LogP) is 1.67. The Morgan fingerprint density at radius 2 is 2.14 bits per heavy atom. The fraction of sp³-hybridized carbons (Fsp3) is 0.250. The van der Waals surface area contributed by atoms with Gasteiger partial charge in [-0.15, -0.1) is 0 Å². The Labute approximate surface area is 84.6 Å². The number of rotatable bonds is 2. The summed E-state index contributed by atoms with van der Waals surface area (Å²) >= 11 is 0. The van der Waals surface area contributed by atoms with E-state index in [1.165, 1.54) is 5.56 Å². The molecule has 0 amide bonds. The molecule has 2 nitrogen and oxygen atoms in total. The molecule has 14 heavy (non-hydrogen) atoms. The van der Waals surface area contributed by atoms with Gasteiger partial charge in [0, 0.05) is 12.1 Å². The number of hydrogen-bond donors (Lipinski definition) is 1. The molecule has 70 valence electrons. The SMILES string of the molecule is CNCc1ccccc1C#CCC#N. The topological polar surface area (TPSA) is 35.8 Å². The molecule has 0 unspecified atom stereocenters. The van der Waals surface area contributed by atoms with Crippen LogP contribution >= 0.6 is 0 Å². The fourth-order valence-electron chi connectivity index (χ4n) is 1.17. The molecule has 0 aromatic heterocycles. The highest BCUT2D eigenvalue weighted by molar-refractivity contribution is 5.41. The molecule has 1 rings (SSSR count). The van der Waals surface area contributed by atoms with Crippen molar-refractivity contribution in [3.05, 3.63) is 35.4 Å². The predicted molar refractivity (Wildman–Crippen MR) is 56.3 cm³/mol. The average molecular weight is 184 g/mol. The molecule has 0 saturated carbocycles. The molecule has 1 aromatic rings. The highest BCUT2D eigenvalue weighted by Gasteiger charge is 1.95. The Hall–Kier alpha value is -1.77. The van der Waals surface area contributed by atoms with Gasteiger partial charge in [0.1, 0.15) is 0 Å². The molecule has 0 aliphatic carbocycles. The zero-order chi connectivity index (χ0) is 10.2. The molecule has 0 bridgehead atoms. The number of hydrogen-bond acceptors (Lipinski definition) is 2. The lowest BCUT2D eigenvalue weighted by molar-refractivity contribution is 0.816. The van der Waals surface area contributed by atoms with Crippen LogP contribution in [0.5, 0.6) is 0 Å². The average Bonchev–Trinajstić information content (AvgIpc) is 2.21. The van der Waals surface area contributed by atoms with Gasteiger partial charge in [-0.2, -0.15) is 5.26 Å². The monoisotopic (exact) mass is 184 g/mol. The van der Waals surface area contributed by atoms with Crippen molar-refractivity contribution in [2.24, 2.45) is 0 Å². The van der Waals surface area contributed by atoms with E-state index in [1.54, 1.807) is 0 Å². The third-order valence-corrected chi connectivity index (χ3v) is 1.78. The molecule has 0 fully saturated rings. The van der Waals surface area contributed by atoms with Gasteiger partial charge in [-0.05, 0) is 18.7 Å². The van der Waals surface area contributed by atoms with E-state index in [4.69, 9.17) is 5.26 Å². The van der Waals surface area contributed by atoms with E-state index in [-0.39, 0.29) is 6.42 Å². The number of nitriles is 1. The minimum absolute atomic E-state index is 0.286. The minimum atomic E-state index is 0.286. The van der Waals surface area contributed by atoms with E-state index in [2.05, 4.69) is 17.2 Å². The van der Waals surface area contributed by atoms with Gasteiger partial charge in [-0.3, -0.25) is 0 Å².